The predicted octanol–water partition coefficient (Wildman–Crippen LogP) is 3.24. The molecule has 1 aromatic heterocycles. The van der Waals surface area contributed by atoms with Crippen molar-refractivity contribution in [3.05, 3.63) is 41.1 Å². The van der Waals surface area contributed by atoms with Crippen molar-refractivity contribution in [3.63, 3.8) is 0 Å². The van der Waals surface area contributed by atoms with Crippen molar-refractivity contribution in [2.24, 2.45) is 0 Å². The molecule has 0 atom stereocenters. The van der Waals surface area contributed by atoms with E-state index in [0.29, 0.717) is 19.0 Å². The van der Waals surface area contributed by atoms with E-state index in [1.165, 1.54) is 11.1 Å². The monoisotopic (exact) mass is 353 g/mol. The molecule has 1 aliphatic rings. The van der Waals surface area contributed by atoms with Gasteiger partial charge in [-0.1, -0.05) is 32.0 Å². The van der Waals surface area contributed by atoms with Crippen molar-refractivity contribution in [1.29, 1.82) is 0 Å². The van der Waals surface area contributed by atoms with Crippen LogP contribution in [0.3, 0.4) is 0 Å². The lowest BCUT2D eigenvalue weighted by molar-refractivity contribution is -0.118. The summed E-state index contributed by atoms with van der Waals surface area (Å²) in [6.45, 7) is 11.4. The van der Waals surface area contributed by atoms with Crippen LogP contribution in [0, 0.1) is 13.8 Å². The van der Waals surface area contributed by atoms with Gasteiger partial charge in [0.2, 0.25) is 12.4 Å². The molecule has 0 bridgehead atoms. The Morgan fingerprint density at radius 2 is 1.85 bits per heavy atom. The number of anilines is 3. The minimum Gasteiger partial charge on any atom is -0.342 e. The molecule has 2 aromatic rings. The van der Waals surface area contributed by atoms with E-state index in [0.717, 1.165) is 42.6 Å². The summed E-state index contributed by atoms with van der Waals surface area (Å²) in [6, 6.07) is 8.34. The molecule has 2 heterocycles. The Hall–Kier alpha value is -2.63. The van der Waals surface area contributed by atoms with Gasteiger partial charge >= 0.3 is 0 Å². The number of nitrogens with zero attached hydrogens (tertiary/aromatic N) is 4. The highest BCUT2D eigenvalue weighted by Crippen LogP contribution is 2.30. The average Bonchev–Trinajstić information content (AvgIpc) is 2.63. The second kappa shape index (κ2) is 7.72. The largest absolute Gasteiger partial charge is 0.342 e. The van der Waals surface area contributed by atoms with Crippen LogP contribution < -0.4 is 10.2 Å². The number of rotatable bonds is 5. The van der Waals surface area contributed by atoms with Gasteiger partial charge in [0.25, 0.3) is 0 Å². The van der Waals surface area contributed by atoms with Gasteiger partial charge in [-0.2, -0.15) is 4.98 Å². The average molecular weight is 353 g/mol. The smallest absolute Gasteiger partial charge is 0.227 e. The van der Waals surface area contributed by atoms with E-state index in [-0.39, 0.29) is 0 Å². The molecular weight excluding hydrogens is 326 g/mol. The van der Waals surface area contributed by atoms with Gasteiger partial charge in [-0.3, -0.25) is 4.79 Å². The topological polar surface area (TPSA) is 61.4 Å². The zero-order valence-corrected chi connectivity index (χ0v) is 16.0. The molecule has 0 radical (unpaired) electrons. The number of piperazine rings is 1. The lowest BCUT2D eigenvalue weighted by Gasteiger charge is -2.32. The standard InChI is InChI=1S/C20H27N5O/c1-14(2)17-7-5-6-15(3)19(17)22-18-12-16(4)21-20(23-18)25-10-8-24(13-26)9-11-25/h5-7,12-14H,8-11H2,1-4H3,(H,21,22,23). The first kappa shape index (κ1) is 18.2. The van der Waals surface area contributed by atoms with E-state index >= 15 is 0 Å². The summed E-state index contributed by atoms with van der Waals surface area (Å²) in [4.78, 5) is 24.2. The highest BCUT2D eigenvalue weighted by Gasteiger charge is 2.19. The highest BCUT2D eigenvalue weighted by molar-refractivity contribution is 5.66. The van der Waals surface area contributed by atoms with Crippen molar-refractivity contribution in [2.75, 3.05) is 36.4 Å². The quantitative estimate of drug-likeness (QED) is 0.836. The van der Waals surface area contributed by atoms with Crippen LogP contribution in [0.1, 0.15) is 36.6 Å². The van der Waals surface area contributed by atoms with Crippen LogP contribution in [-0.4, -0.2) is 47.5 Å². The summed E-state index contributed by atoms with van der Waals surface area (Å²) in [5.41, 5.74) is 4.53. The third-order valence-corrected chi connectivity index (χ3v) is 4.77. The number of aryl methyl sites for hydroxylation is 2. The number of hydrogen-bond donors (Lipinski definition) is 1. The van der Waals surface area contributed by atoms with Gasteiger partial charge in [-0.15, -0.1) is 0 Å². The first-order valence-electron chi connectivity index (χ1n) is 9.14. The molecule has 1 fully saturated rings. The fourth-order valence-corrected chi connectivity index (χ4v) is 3.26. The molecule has 1 aromatic carbocycles. The molecular formula is C20H27N5O. The van der Waals surface area contributed by atoms with Gasteiger partial charge in [-0.25, -0.2) is 4.98 Å². The van der Waals surface area contributed by atoms with Crippen LogP contribution in [0.2, 0.25) is 0 Å². The summed E-state index contributed by atoms with van der Waals surface area (Å²) in [7, 11) is 0. The lowest BCUT2D eigenvalue weighted by Crippen LogP contribution is -2.46. The van der Waals surface area contributed by atoms with E-state index in [1.54, 1.807) is 4.90 Å². The molecule has 6 heteroatoms. The Morgan fingerprint density at radius 1 is 1.12 bits per heavy atom. The fraction of sp³-hybridized carbons (Fsp3) is 0.450. The Kier molecular flexibility index (Phi) is 5.40. The molecule has 1 saturated heterocycles. The normalized spacial score (nSPS) is 14.7. The van der Waals surface area contributed by atoms with Crippen molar-refractivity contribution >= 4 is 23.9 Å². The van der Waals surface area contributed by atoms with Crippen LogP contribution in [0.15, 0.2) is 24.3 Å². The summed E-state index contributed by atoms with van der Waals surface area (Å²) in [6.07, 6.45) is 0.910. The minimum absolute atomic E-state index is 0.427. The van der Waals surface area contributed by atoms with Crippen molar-refractivity contribution < 1.29 is 4.79 Å². The van der Waals surface area contributed by atoms with Crippen LogP contribution in [0.4, 0.5) is 17.5 Å². The number of hydrogen-bond acceptors (Lipinski definition) is 5. The maximum atomic E-state index is 10.9. The van der Waals surface area contributed by atoms with E-state index < -0.39 is 0 Å². The van der Waals surface area contributed by atoms with E-state index in [4.69, 9.17) is 4.98 Å². The maximum Gasteiger partial charge on any atom is 0.227 e. The van der Waals surface area contributed by atoms with Crippen LogP contribution in [-0.2, 0) is 4.79 Å². The fourth-order valence-electron chi connectivity index (χ4n) is 3.26. The van der Waals surface area contributed by atoms with Crippen molar-refractivity contribution in [2.45, 2.75) is 33.6 Å². The summed E-state index contributed by atoms with van der Waals surface area (Å²) < 4.78 is 0. The number of benzene rings is 1. The number of amides is 1. The third kappa shape index (κ3) is 3.95. The minimum atomic E-state index is 0.427. The van der Waals surface area contributed by atoms with Gasteiger partial charge < -0.3 is 15.1 Å². The lowest BCUT2D eigenvalue weighted by atomic mass is 9.98. The van der Waals surface area contributed by atoms with Gasteiger partial charge in [0.15, 0.2) is 0 Å². The predicted molar refractivity (Wildman–Crippen MR) is 105 cm³/mol. The number of para-hydroxylation sites is 1. The molecule has 0 spiro atoms. The number of aromatic nitrogens is 2. The van der Waals surface area contributed by atoms with Crippen LogP contribution in [0.5, 0.6) is 0 Å². The number of carbonyl (C=O) groups excluding carboxylic acids is 1. The van der Waals surface area contributed by atoms with Gasteiger partial charge in [0.05, 0.1) is 0 Å². The zero-order chi connectivity index (χ0) is 18.7. The molecule has 1 N–H and O–H groups in total. The molecule has 0 saturated carbocycles. The molecule has 0 unspecified atom stereocenters. The summed E-state index contributed by atoms with van der Waals surface area (Å²) in [5, 5.41) is 3.52. The Labute approximate surface area is 155 Å². The molecule has 1 aliphatic heterocycles. The molecule has 26 heavy (non-hydrogen) atoms. The first-order valence-corrected chi connectivity index (χ1v) is 9.14. The Balaban J connectivity index is 1.86. The van der Waals surface area contributed by atoms with Crippen LogP contribution >= 0.6 is 0 Å². The Bertz CT molecular complexity index is 782. The van der Waals surface area contributed by atoms with Gasteiger partial charge in [0, 0.05) is 43.6 Å². The first-order chi connectivity index (χ1) is 12.5. The van der Waals surface area contributed by atoms with Crippen molar-refractivity contribution in [3.8, 4) is 0 Å². The van der Waals surface area contributed by atoms with Crippen LogP contribution in [0.25, 0.3) is 0 Å². The van der Waals surface area contributed by atoms with Gasteiger partial charge in [0.1, 0.15) is 5.82 Å². The summed E-state index contributed by atoms with van der Waals surface area (Å²) in [5.74, 6) is 1.95. The number of nitrogens with one attached hydrogen (secondary N) is 1. The van der Waals surface area contributed by atoms with Gasteiger partial charge in [-0.05, 0) is 30.9 Å². The molecule has 138 valence electrons. The van der Waals surface area contributed by atoms with E-state index in [2.05, 4.69) is 54.2 Å². The highest BCUT2D eigenvalue weighted by atomic mass is 16.1. The molecule has 1 amide bonds. The second-order valence-electron chi connectivity index (χ2n) is 7.14. The maximum absolute atomic E-state index is 10.9. The molecule has 3 rings (SSSR count). The van der Waals surface area contributed by atoms with E-state index in [9.17, 15) is 4.79 Å². The SMILES string of the molecule is Cc1cc(Nc2c(C)cccc2C(C)C)nc(N2CCN(C=O)CC2)n1. The Morgan fingerprint density at radius 3 is 2.50 bits per heavy atom. The molecule has 6 nitrogen and oxygen atoms in total. The van der Waals surface area contributed by atoms with Crippen molar-refractivity contribution in [1.82, 2.24) is 14.9 Å². The summed E-state index contributed by atoms with van der Waals surface area (Å²) >= 11 is 0. The number of carbonyl (C=O) groups is 1. The third-order valence-electron chi connectivity index (χ3n) is 4.77. The van der Waals surface area contributed by atoms with E-state index in [1.807, 2.05) is 13.0 Å². The molecule has 0 aliphatic carbocycles. The zero-order valence-electron chi connectivity index (χ0n) is 16.0. The second-order valence-corrected chi connectivity index (χ2v) is 7.14.